The van der Waals surface area contributed by atoms with E-state index in [-0.39, 0.29) is 36.9 Å². The van der Waals surface area contributed by atoms with Crippen LogP contribution < -0.4 is 5.32 Å². The van der Waals surface area contributed by atoms with Crippen molar-refractivity contribution in [3.05, 3.63) is 70.5 Å². The van der Waals surface area contributed by atoms with Crippen molar-refractivity contribution < 1.29 is 18.7 Å². The van der Waals surface area contributed by atoms with Crippen LogP contribution >= 0.6 is 0 Å². The van der Waals surface area contributed by atoms with Gasteiger partial charge in [-0.1, -0.05) is 24.3 Å². The maximum absolute atomic E-state index is 13.5. The molecule has 7 nitrogen and oxygen atoms in total. The number of hydrogen-bond donors (Lipinski definition) is 1. The van der Waals surface area contributed by atoms with Crippen molar-refractivity contribution in [2.75, 3.05) is 33.4 Å². The molecule has 0 spiro atoms. The van der Waals surface area contributed by atoms with Crippen LogP contribution in [0.15, 0.2) is 47.6 Å². The lowest BCUT2D eigenvalue weighted by Gasteiger charge is -2.27. The summed E-state index contributed by atoms with van der Waals surface area (Å²) in [6, 6.07) is 11.5. The Hall–Kier alpha value is -3.26. The van der Waals surface area contributed by atoms with Crippen LogP contribution in [0, 0.1) is 19.7 Å². The van der Waals surface area contributed by atoms with E-state index in [4.69, 9.17) is 4.74 Å². The minimum atomic E-state index is -0.381. The molecule has 33 heavy (non-hydrogen) atoms. The maximum Gasteiger partial charge on any atom is 0.317 e. The van der Waals surface area contributed by atoms with Gasteiger partial charge in [0.2, 0.25) is 0 Å². The fraction of sp³-hybridized carbons (Fsp3) is 0.400. The van der Waals surface area contributed by atoms with Gasteiger partial charge in [0.05, 0.1) is 18.4 Å². The molecule has 1 atom stereocenters. The van der Waals surface area contributed by atoms with Crippen molar-refractivity contribution in [1.82, 2.24) is 15.2 Å². The Morgan fingerprint density at radius 2 is 1.91 bits per heavy atom. The monoisotopic (exact) mass is 454 g/mol. The molecular weight excluding hydrogens is 423 g/mol. The second-order valence-electron chi connectivity index (χ2n) is 8.11. The molecule has 0 unspecified atom stereocenters. The second kappa shape index (κ2) is 11.0. The number of halogens is 1. The Balaban J connectivity index is 1.90. The Morgan fingerprint density at radius 1 is 1.18 bits per heavy atom. The third-order valence-corrected chi connectivity index (χ3v) is 5.77. The normalized spacial score (nSPS) is 15.4. The van der Waals surface area contributed by atoms with E-state index in [2.05, 4.69) is 16.5 Å². The first-order valence-corrected chi connectivity index (χ1v) is 11.1. The molecule has 1 heterocycles. The van der Waals surface area contributed by atoms with Crippen molar-refractivity contribution in [3.8, 4) is 0 Å². The number of aryl methyl sites for hydroxylation is 2. The zero-order valence-corrected chi connectivity index (χ0v) is 19.6. The summed E-state index contributed by atoms with van der Waals surface area (Å²) in [5.74, 6) is -0.655. The second-order valence-corrected chi connectivity index (χ2v) is 8.11. The zero-order chi connectivity index (χ0) is 24.0. The molecule has 2 aromatic rings. The summed E-state index contributed by atoms with van der Waals surface area (Å²) in [6.07, 6.45) is 0.499. The number of carbonyl (C=O) groups is 2. The lowest BCUT2D eigenvalue weighted by atomic mass is 9.96. The molecule has 3 amide bonds. The Bertz CT molecular complexity index is 1020. The first-order valence-electron chi connectivity index (χ1n) is 11.1. The van der Waals surface area contributed by atoms with Gasteiger partial charge < -0.3 is 15.0 Å². The standard InChI is InChI=1S/C25H31FN4O3/c1-5-27-25(32)29(12-13-33-4)16-24(31)30-23(19-8-10-21(26)11-9-19)15-22(28-30)20-7-6-17(2)18(3)14-20/h6-11,14,23H,5,12-13,15-16H2,1-4H3,(H,27,32)/t23-/m1/s1. The Morgan fingerprint density at radius 3 is 2.55 bits per heavy atom. The van der Waals surface area contributed by atoms with Gasteiger partial charge in [-0.2, -0.15) is 5.10 Å². The number of benzene rings is 2. The minimum Gasteiger partial charge on any atom is -0.383 e. The third-order valence-electron chi connectivity index (χ3n) is 5.77. The molecule has 3 rings (SSSR count). The topological polar surface area (TPSA) is 74.2 Å². The summed E-state index contributed by atoms with van der Waals surface area (Å²) in [5, 5.41) is 8.82. The number of nitrogens with zero attached hydrogens (tertiary/aromatic N) is 3. The Labute approximate surface area is 194 Å². The minimum absolute atomic E-state index is 0.142. The molecule has 2 aromatic carbocycles. The van der Waals surface area contributed by atoms with Crippen molar-refractivity contribution >= 4 is 17.6 Å². The van der Waals surface area contributed by atoms with E-state index in [1.807, 2.05) is 32.9 Å². The molecule has 176 valence electrons. The molecule has 1 aliphatic heterocycles. The van der Waals surface area contributed by atoms with Gasteiger partial charge in [0, 0.05) is 26.6 Å². The average Bonchev–Trinajstić information content (AvgIpc) is 3.24. The molecule has 0 aliphatic carbocycles. The number of urea groups is 1. The number of methoxy groups -OCH3 is 1. The molecule has 0 saturated carbocycles. The van der Waals surface area contributed by atoms with Crippen molar-refractivity contribution in [1.29, 1.82) is 0 Å². The summed E-state index contributed by atoms with van der Waals surface area (Å²) < 4.78 is 18.6. The number of amides is 3. The highest BCUT2D eigenvalue weighted by Crippen LogP contribution is 2.33. The molecule has 0 fully saturated rings. The van der Waals surface area contributed by atoms with E-state index in [0.717, 1.165) is 22.4 Å². The molecular formula is C25H31FN4O3. The molecule has 8 heteroatoms. The van der Waals surface area contributed by atoms with Crippen LogP contribution in [0.3, 0.4) is 0 Å². The molecule has 0 radical (unpaired) electrons. The highest BCUT2D eigenvalue weighted by Gasteiger charge is 2.34. The SMILES string of the molecule is CCNC(=O)N(CCOC)CC(=O)N1N=C(c2ccc(C)c(C)c2)C[C@@H]1c1ccc(F)cc1. The quantitative estimate of drug-likeness (QED) is 0.659. The van der Waals surface area contributed by atoms with Crippen LogP contribution in [-0.4, -0.2) is 60.9 Å². The summed E-state index contributed by atoms with van der Waals surface area (Å²) in [5.41, 5.74) is 4.83. The van der Waals surface area contributed by atoms with E-state index in [1.54, 1.807) is 19.2 Å². The van der Waals surface area contributed by atoms with Crippen LogP contribution in [0.5, 0.6) is 0 Å². The molecule has 0 aromatic heterocycles. The first-order chi connectivity index (χ1) is 15.8. The predicted octanol–water partition coefficient (Wildman–Crippen LogP) is 3.80. The van der Waals surface area contributed by atoms with Gasteiger partial charge in [0.1, 0.15) is 12.4 Å². The molecule has 0 bridgehead atoms. The van der Waals surface area contributed by atoms with Gasteiger partial charge in [0.25, 0.3) is 5.91 Å². The maximum atomic E-state index is 13.5. The fourth-order valence-electron chi connectivity index (χ4n) is 3.73. The summed E-state index contributed by atoms with van der Waals surface area (Å²) in [6.45, 7) is 6.79. The number of hydrazone groups is 1. The van der Waals surface area contributed by atoms with Crippen molar-refractivity contribution in [3.63, 3.8) is 0 Å². The number of carbonyl (C=O) groups excluding carboxylic acids is 2. The van der Waals surface area contributed by atoms with E-state index in [1.165, 1.54) is 27.6 Å². The van der Waals surface area contributed by atoms with Gasteiger partial charge in [-0.05, 0) is 61.2 Å². The molecule has 0 saturated heterocycles. The van der Waals surface area contributed by atoms with Gasteiger partial charge in [-0.15, -0.1) is 0 Å². The van der Waals surface area contributed by atoms with Crippen LogP contribution in [-0.2, 0) is 9.53 Å². The summed E-state index contributed by atoms with van der Waals surface area (Å²) in [7, 11) is 1.54. The van der Waals surface area contributed by atoms with Crippen LogP contribution in [0.1, 0.15) is 41.6 Å². The van der Waals surface area contributed by atoms with E-state index < -0.39 is 0 Å². The van der Waals surface area contributed by atoms with E-state index in [0.29, 0.717) is 19.6 Å². The summed E-state index contributed by atoms with van der Waals surface area (Å²) in [4.78, 5) is 27.2. The highest BCUT2D eigenvalue weighted by molar-refractivity contribution is 6.03. The average molecular weight is 455 g/mol. The molecule has 1 N–H and O–H groups in total. The summed E-state index contributed by atoms with van der Waals surface area (Å²) >= 11 is 0. The lowest BCUT2D eigenvalue weighted by Crippen LogP contribution is -2.47. The lowest BCUT2D eigenvalue weighted by molar-refractivity contribution is -0.133. The van der Waals surface area contributed by atoms with Gasteiger partial charge in [0.15, 0.2) is 0 Å². The smallest absolute Gasteiger partial charge is 0.317 e. The zero-order valence-electron chi connectivity index (χ0n) is 19.6. The number of rotatable bonds is 8. The fourth-order valence-corrected chi connectivity index (χ4v) is 3.73. The van der Waals surface area contributed by atoms with Gasteiger partial charge in [-0.25, -0.2) is 14.2 Å². The predicted molar refractivity (Wildman–Crippen MR) is 126 cm³/mol. The number of hydrogen-bond acceptors (Lipinski definition) is 4. The number of ether oxygens (including phenoxy) is 1. The van der Waals surface area contributed by atoms with Crippen molar-refractivity contribution in [2.24, 2.45) is 5.10 Å². The van der Waals surface area contributed by atoms with Crippen molar-refractivity contribution in [2.45, 2.75) is 33.2 Å². The Kier molecular flexibility index (Phi) is 8.16. The van der Waals surface area contributed by atoms with Gasteiger partial charge >= 0.3 is 6.03 Å². The third kappa shape index (κ3) is 5.96. The van der Waals surface area contributed by atoms with Gasteiger partial charge in [-0.3, -0.25) is 4.79 Å². The largest absolute Gasteiger partial charge is 0.383 e. The first kappa shape index (κ1) is 24.4. The van der Waals surface area contributed by atoms with E-state index in [9.17, 15) is 14.0 Å². The van der Waals surface area contributed by atoms with Crippen LogP contribution in [0.25, 0.3) is 0 Å². The van der Waals surface area contributed by atoms with E-state index >= 15 is 0 Å². The molecule has 1 aliphatic rings. The number of nitrogens with one attached hydrogen (secondary N) is 1. The van der Waals surface area contributed by atoms with Crippen LogP contribution in [0.4, 0.5) is 9.18 Å². The highest BCUT2D eigenvalue weighted by atomic mass is 19.1. The van der Waals surface area contributed by atoms with Crippen LogP contribution in [0.2, 0.25) is 0 Å².